The number of piperidine rings is 1. The number of carbonyl (C=O) groups excluding carboxylic acids is 1. The van der Waals surface area contributed by atoms with Gasteiger partial charge in [-0.05, 0) is 43.9 Å². The average molecular weight is 311 g/mol. The molecule has 0 bridgehead atoms. The van der Waals surface area contributed by atoms with Crippen LogP contribution in [0.2, 0.25) is 0 Å². The van der Waals surface area contributed by atoms with E-state index in [0.29, 0.717) is 5.92 Å². The standard InChI is InChI=1S/C18H21N3O2/c22-18(17-4-2-10-23-17)21-8-5-13(6-9-21)15-11-16-14(12-20-15)3-1-7-19-16/h1,3,7,11-13,17H,2,4-6,8-10H2. The number of amides is 1. The first-order chi connectivity index (χ1) is 11.3. The number of aromatic nitrogens is 2. The smallest absolute Gasteiger partial charge is 0.251 e. The lowest BCUT2D eigenvalue weighted by molar-refractivity contribution is -0.142. The van der Waals surface area contributed by atoms with Gasteiger partial charge in [-0.3, -0.25) is 14.8 Å². The normalized spacial score (nSPS) is 22.6. The molecular weight excluding hydrogens is 290 g/mol. The summed E-state index contributed by atoms with van der Waals surface area (Å²) in [4.78, 5) is 23.4. The number of fused-ring (bicyclic) bond motifs is 1. The first-order valence-corrected chi connectivity index (χ1v) is 8.42. The molecule has 0 N–H and O–H groups in total. The highest BCUT2D eigenvalue weighted by Gasteiger charge is 2.31. The van der Waals surface area contributed by atoms with Crippen LogP contribution in [0.15, 0.2) is 30.6 Å². The summed E-state index contributed by atoms with van der Waals surface area (Å²) in [6, 6.07) is 6.05. The summed E-state index contributed by atoms with van der Waals surface area (Å²) >= 11 is 0. The maximum absolute atomic E-state index is 12.4. The topological polar surface area (TPSA) is 55.3 Å². The summed E-state index contributed by atoms with van der Waals surface area (Å²) in [5, 5.41) is 1.07. The van der Waals surface area contributed by atoms with E-state index in [4.69, 9.17) is 4.74 Å². The fraction of sp³-hybridized carbons (Fsp3) is 0.500. The molecule has 23 heavy (non-hydrogen) atoms. The van der Waals surface area contributed by atoms with Crippen molar-refractivity contribution < 1.29 is 9.53 Å². The summed E-state index contributed by atoms with van der Waals surface area (Å²) in [5.74, 6) is 0.587. The first kappa shape index (κ1) is 14.6. The van der Waals surface area contributed by atoms with Gasteiger partial charge in [0.05, 0.1) is 5.52 Å². The summed E-state index contributed by atoms with van der Waals surface area (Å²) in [5.41, 5.74) is 2.09. The molecule has 5 nitrogen and oxygen atoms in total. The molecule has 0 saturated carbocycles. The lowest BCUT2D eigenvalue weighted by Crippen LogP contribution is -2.43. The van der Waals surface area contributed by atoms with Crippen molar-refractivity contribution in [2.45, 2.75) is 37.7 Å². The van der Waals surface area contributed by atoms with Gasteiger partial charge in [-0.2, -0.15) is 0 Å². The number of rotatable bonds is 2. The number of likely N-dealkylation sites (tertiary alicyclic amines) is 1. The molecule has 4 heterocycles. The third-order valence-electron chi connectivity index (χ3n) is 4.94. The van der Waals surface area contributed by atoms with Gasteiger partial charge in [0.15, 0.2) is 0 Å². The van der Waals surface area contributed by atoms with E-state index in [-0.39, 0.29) is 12.0 Å². The van der Waals surface area contributed by atoms with Crippen molar-refractivity contribution in [1.29, 1.82) is 0 Å². The van der Waals surface area contributed by atoms with Crippen LogP contribution in [0, 0.1) is 0 Å². The molecule has 120 valence electrons. The largest absolute Gasteiger partial charge is 0.368 e. The second-order valence-electron chi connectivity index (χ2n) is 6.41. The molecule has 2 aliphatic rings. The molecule has 1 unspecified atom stereocenters. The highest BCUT2D eigenvalue weighted by atomic mass is 16.5. The Bertz CT molecular complexity index is 704. The van der Waals surface area contributed by atoms with Crippen LogP contribution in [0.4, 0.5) is 0 Å². The zero-order valence-electron chi connectivity index (χ0n) is 13.1. The van der Waals surface area contributed by atoms with Crippen molar-refractivity contribution in [2.75, 3.05) is 19.7 Å². The summed E-state index contributed by atoms with van der Waals surface area (Å²) in [6.45, 7) is 2.32. The van der Waals surface area contributed by atoms with E-state index in [1.54, 1.807) is 0 Å². The van der Waals surface area contributed by atoms with Crippen LogP contribution >= 0.6 is 0 Å². The first-order valence-electron chi connectivity index (χ1n) is 8.42. The molecule has 1 atom stereocenters. The van der Waals surface area contributed by atoms with Gasteiger partial charge in [-0.25, -0.2) is 0 Å². The van der Waals surface area contributed by atoms with E-state index in [1.807, 2.05) is 29.4 Å². The number of carbonyl (C=O) groups is 1. The van der Waals surface area contributed by atoms with E-state index < -0.39 is 0 Å². The quantitative estimate of drug-likeness (QED) is 0.855. The Morgan fingerprint density at radius 2 is 2.09 bits per heavy atom. The summed E-state index contributed by atoms with van der Waals surface area (Å²) < 4.78 is 5.52. The maximum atomic E-state index is 12.4. The molecule has 2 fully saturated rings. The van der Waals surface area contributed by atoms with Gasteiger partial charge in [0.25, 0.3) is 5.91 Å². The Morgan fingerprint density at radius 1 is 1.22 bits per heavy atom. The highest BCUT2D eigenvalue weighted by molar-refractivity contribution is 5.81. The molecule has 4 rings (SSSR count). The van der Waals surface area contributed by atoms with Gasteiger partial charge >= 0.3 is 0 Å². The fourth-order valence-corrected chi connectivity index (χ4v) is 3.58. The van der Waals surface area contributed by atoms with Crippen LogP contribution in [-0.2, 0) is 9.53 Å². The van der Waals surface area contributed by atoms with E-state index in [1.165, 1.54) is 0 Å². The number of ether oxygens (including phenoxy) is 1. The predicted molar refractivity (Wildman–Crippen MR) is 87.1 cm³/mol. The van der Waals surface area contributed by atoms with Gasteiger partial charge in [0.1, 0.15) is 6.10 Å². The van der Waals surface area contributed by atoms with Gasteiger partial charge < -0.3 is 9.64 Å². The lowest BCUT2D eigenvalue weighted by Gasteiger charge is -2.33. The van der Waals surface area contributed by atoms with Gasteiger partial charge in [0.2, 0.25) is 0 Å². The van der Waals surface area contributed by atoms with Gasteiger partial charge in [-0.1, -0.05) is 0 Å². The molecule has 5 heteroatoms. The minimum atomic E-state index is -0.199. The molecule has 2 saturated heterocycles. The molecule has 0 aliphatic carbocycles. The van der Waals surface area contributed by atoms with E-state index in [0.717, 1.165) is 62.0 Å². The minimum Gasteiger partial charge on any atom is -0.368 e. The van der Waals surface area contributed by atoms with Crippen molar-refractivity contribution in [1.82, 2.24) is 14.9 Å². The van der Waals surface area contributed by atoms with Crippen LogP contribution in [-0.4, -0.2) is 46.6 Å². The van der Waals surface area contributed by atoms with E-state index in [9.17, 15) is 4.79 Å². The Hall–Kier alpha value is -2.01. The maximum Gasteiger partial charge on any atom is 0.251 e. The monoisotopic (exact) mass is 311 g/mol. The Morgan fingerprint density at radius 3 is 2.87 bits per heavy atom. The van der Waals surface area contributed by atoms with Crippen molar-refractivity contribution in [3.05, 3.63) is 36.3 Å². The summed E-state index contributed by atoms with van der Waals surface area (Å²) in [6.07, 6.45) is 7.32. The Labute approximate surface area is 135 Å². The SMILES string of the molecule is O=C(C1CCCO1)N1CCC(c2cc3ncccc3cn2)CC1. The molecule has 2 aliphatic heterocycles. The zero-order valence-corrected chi connectivity index (χ0v) is 13.1. The fourth-order valence-electron chi connectivity index (χ4n) is 3.58. The second kappa shape index (κ2) is 6.24. The molecule has 1 amide bonds. The molecular formula is C18H21N3O2. The highest BCUT2D eigenvalue weighted by Crippen LogP contribution is 2.29. The van der Waals surface area contributed by atoms with Crippen molar-refractivity contribution in [3.63, 3.8) is 0 Å². The van der Waals surface area contributed by atoms with Crippen LogP contribution in [0.5, 0.6) is 0 Å². The number of hydrogen-bond donors (Lipinski definition) is 0. The number of pyridine rings is 2. The van der Waals surface area contributed by atoms with Crippen LogP contribution in [0.3, 0.4) is 0 Å². The molecule has 2 aromatic rings. The summed E-state index contributed by atoms with van der Waals surface area (Å²) in [7, 11) is 0. The van der Waals surface area contributed by atoms with Crippen LogP contribution < -0.4 is 0 Å². The van der Waals surface area contributed by atoms with Gasteiger partial charge in [-0.15, -0.1) is 0 Å². The third kappa shape index (κ3) is 2.93. The van der Waals surface area contributed by atoms with Crippen molar-refractivity contribution >= 4 is 16.8 Å². The number of nitrogens with zero attached hydrogens (tertiary/aromatic N) is 3. The van der Waals surface area contributed by atoms with Gasteiger partial charge in [0, 0.05) is 49.1 Å². The lowest BCUT2D eigenvalue weighted by atomic mass is 9.92. The van der Waals surface area contributed by atoms with Crippen LogP contribution in [0.25, 0.3) is 10.9 Å². The van der Waals surface area contributed by atoms with E-state index in [2.05, 4.69) is 16.0 Å². The Balaban J connectivity index is 1.43. The minimum absolute atomic E-state index is 0.175. The molecule has 0 spiro atoms. The third-order valence-corrected chi connectivity index (χ3v) is 4.94. The predicted octanol–water partition coefficient (Wildman–Crippen LogP) is 2.51. The number of hydrogen-bond acceptors (Lipinski definition) is 4. The zero-order chi connectivity index (χ0) is 15.6. The molecule has 0 radical (unpaired) electrons. The van der Waals surface area contributed by atoms with E-state index >= 15 is 0 Å². The second-order valence-corrected chi connectivity index (χ2v) is 6.41. The molecule has 2 aromatic heterocycles. The molecule has 0 aromatic carbocycles. The van der Waals surface area contributed by atoms with Crippen molar-refractivity contribution in [2.24, 2.45) is 0 Å². The average Bonchev–Trinajstić information content (AvgIpc) is 3.15. The Kier molecular flexibility index (Phi) is 3.95. The van der Waals surface area contributed by atoms with Crippen molar-refractivity contribution in [3.8, 4) is 0 Å². The van der Waals surface area contributed by atoms with Crippen LogP contribution in [0.1, 0.15) is 37.3 Å².